The maximum Gasteiger partial charge on any atom is 0.0460 e. The highest BCUT2D eigenvalue weighted by atomic mass is 16.3. The number of piperidine rings is 1. The van der Waals surface area contributed by atoms with E-state index in [1.807, 2.05) is 0 Å². The van der Waals surface area contributed by atoms with Crippen LogP contribution in [0.5, 0.6) is 0 Å². The number of aliphatic hydroxyl groups excluding tert-OH is 1. The smallest absolute Gasteiger partial charge is 0.0460 e. The molecular weight excluding hydrogens is 224 g/mol. The van der Waals surface area contributed by atoms with E-state index in [-0.39, 0.29) is 0 Å². The Balaban J connectivity index is 2.23. The highest BCUT2D eigenvalue weighted by Crippen LogP contribution is 2.22. The molecule has 0 aromatic rings. The highest BCUT2D eigenvalue weighted by Gasteiger charge is 2.25. The van der Waals surface area contributed by atoms with E-state index >= 15 is 0 Å². The summed E-state index contributed by atoms with van der Waals surface area (Å²) >= 11 is 0. The van der Waals surface area contributed by atoms with Crippen molar-refractivity contribution < 1.29 is 5.11 Å². The number of rotatable bonds is 7. The van der Waals surface area contributed by atoms with Crippen LogP contribution in [-0.2, 0) is 0 Å². The normalized spacial score (nSPS) is 19.7. The van der Waals surface area contributed by atoms with Crippen LogP contribution in [0.15, 0.2) is 0 Å². The molecule has 0 spiro atoms. The van der Waals surface area contributed by atoms with Gasteiger partial charge in [-0.3, -0.25) is 0 Å². The standard InChI is InChI=1S/C15H32N2O/c1-13(2)9-16-11-15(3,4)12-17-7-5-14(10-18)6-8-17/h13-14,16,18H,5-12H2,1-4H3. The van der Waals surface area contributed by atoms with Crippen LogP contribution < -0.4 is 5.32 Å². The van der Waals surface area contributed by atoms with Gasteiger partial charge in [-0.15, -0.1) is 0 Å². The SMILES string of the molecule is CC(C)CNCC(C)(C)CN1CCC(CO)CC1. The molecule has 1 heterocycles. The second kappa shape index (κ2) is 7.46. The summed E-state index contributed by atoms with van der Waals surface area (Å²) < 4.78 is 0. The molecule has 1 saturated heterocycles. The zero-order valence-electron chi connectivity index (χ0n) is 12.7. The van der Waals surface area contributed by atoms with E-state index in [9.17, 15) is 0 Å². The van der Waals surface area contributed by atoms with Crippen molar-refractivity contribution in [2.45, 2.75) is 40.5 Å². The monoisotopic (exact) mass is 256 g/mol. The van der Waals surface area contributed by atoms with Crippen LogP contribution >= 0.6 is 0 Å². The van der Waals surface area contributed by atoms with E-state index in [1.165, 1.54) is 0 Å². The van der Waals surface area contributed by atoms with Crippen LogP contribution in [-0.4, -0.2) is 49.3 Å². The molecule has 0 bridgehead atoms. The minimum Gasteiger partial charge on any atom is -0.396 e. The van der Waals surface area contributed by atoms with Gasteiger partial charge in [0.1, 0.15) is 0 Å². The lowest BCUT2D eigenvalue weighted by Crippen LogP contribution is -2.44. The van der Waals surface area contributed by atoms with E-state index in [0.717, 1.165) is 51.5 Å². The fraction of sp³-hybridized carbons (Fsp3) is 1.00. The molecule has 1 aliphatic rings. The maximum absolute atomic E-state index is 9.15. The third-order valence-corrected chi connectivity index (χ3v) is 3.77. The second-order valence-corrected chi connectivity index (χ2v) is 7.09. The molecule has 1 rings (SSSR count). The lowest BCUT2D eigenvalue weighted by Gasteiger charge is -2.37. The fourth-order valence-electron chi connectivity index (χ4n) is 2.69. The lowest BCUT2D eigenvalue weighted by molar-refractivity contribution is 0.0999. The van der Waals surface area contributed by atoms with Gasteiger partial charge in [0.05, 0.1) is 0 Å². The van der Waals surface area contributed by atoms with Gasteiger partial charge < -0.3 is 15.3 Å². The lowest BCUT2D eigenvalue weighted by atomic mass is 9.90. The van der Waals surface area contributed by atoms with Crippen LogP contribution in [0.25, 0.3) is 0 Å². The zero-order chi connectivity index (χ0) is 13.6. The Morgan fingerprint density at radius 3 is 2.39 bits per heavy atom. The average Bonchev–Trinajstić information content (AvgIpc) is 2.28. The molecule has 3 nitrogen and oxygen atoms in total. The Hall–Kier alpha value is -0.120. The number of nitrogens with zero attached hydrogens (tertiary/aromatic N) is 1. The molecule has 0 saturated carbocycles. The number of nitrogens with one attached hydrogen (secondary N) is 1. The topological polar surface area (TPSA) is 35.5 Å². The molecule has 1 fully saturated rings. The van der Waals surface area contributed by atoms with Crippen LogP contribution in [0.2, 0.25) is 0 Å². The summed E-state index contributed by atoms with van der Waals surface area (Å²) in [6.07, 6.45) is 2.32. The Labute approximate surface area is 113 Å². The molecular formula is C15H32N2O. The molecule has 0 atom stereocenters. The molecule has 3 heteroatoms. The van der Waals surface area contributed by atoms with Crippen molar-refractivity contribution in [2.24, 2.45) is 17.3 Å². The van der Waals surface area contributed by atoms with E-state index in [4.69, 9.17) is 5.11 Å². The van der Waals surface area contributed by atoms with Crippen molar-refractivity contribution in [1.29, 1.82) is 0 Å². The summed E-state index contributed by atoms with van der Waals surface area (Å²) in [6, 6.07) is 0. The minimum absolute atomic E-state index is 0.334. The Morgan fingerprint density at radius 2 is 1.89 bits per heavy atom. The van der Waals surface area contributed by atoms with Crippen LogP contribution in [0.3, 0.4) is 0 Å². The molecule has 0 aromatic heterocycles. The zero-order valence-corrected chi connectivity index (χ0v) is 12.7. The van der Waals surface area contributed by atoms with Gasteiger partial charge >= 0.3 is 0 Å². The minimum atomic E-state index is 0.334. The van der Waals surface area contributed by atoms with Gasteiger partial charge in [0.2, 0.25) is 0 Å². The fourth-order valence-corrected chi connectivity index (χ4v) is 2.69. The van der Waals surface area contributed by atoms with E-state index in [2.05, 4.69) is 37.9 Å². The summed E-state index contributed by atoms with van der Waals surface area (Å²) in [5.41, 5.74) is 0.334. The summed E-state index contributed by atoms with van der Waals surface area (Å²) in [5.74, 6) is 1.27. The van der Waals surface area contributed by atoms with Gasteiger partial charge in [-0.1, -0.05) is 27.7 Å². The third-order valence-electron chi connectivity index (χ3n) is 3.77. The molecule has 0 aromatic carbocycles. The van der Waals surface area contributed by atoms with Gasteiger partial charge in [0, 0.05) is 19.7 Å². The number of likely N-dealkylation sites (tertiary alicyclic amines) is 1. The Kier molecular flexibility index (Phi) is 6.61. The largest absolute Gasteiger partial charge is 0.396 e. The highest BCUT2D eigenvalue weighted by molar-refractivity contribution is 4.80. The van der Waals surface area contributed by atoms with Crippen molar-refractivity contribution in [3.8, 4) is 0 Å². The predicted octanol–water partition coefficient (Wildman–Crippen LogP) is 1.96. The van der Waals surface area contributed by atoms with Crippen molar-refractivity contribution in [3.05, 3.63) is 0 Å². The van der Waals surface area contributed by atoms with Crippen molar-refractivity contribution in [2.75, 3.05) is 39.3 Å². The summed E-state index contributed by atoms with van der Waals surface area (Å²) in [6.45, 7) is 15.2. The van der Waals surface area contributed by atoms with Crippen LogP contribution in [0, 0.1) is 17.3 Å². The first kappa shape index (κ1) is 15.9. The van der Waals surface area contributed by atoms with Crippen molar-refractivity contribution in [1.82, 2.24) is 10.2 Å². The van der Waals surface area contributed by atoms with E-state index in [1.54, 1.807) is 0 Å². The van der Waals surface area contributed by atoms with Crippen LogP contribution in [0.4, 0.5) is 0 Å². The molecule has 0 aliphatic carbocycles. The Morgan fingerprint density at radius 1 is 1.28 bits per heavy atom. The molecule has 0 unspecified atom stereocenters. The van der Waals surface area contributed by atoms with E-state index < -0.39 is 0 Å². The number of hydrogen-bond acceptors (Lipinski definition) is 3. The summed E-state index contributed by atoms with van der Waals surface area (Å²) in [5, 5.41) is 12.7. The molecule has 18 heavy (non-hydrogen) atoms. The molecule has 0 amide bonds. The number of hydrogen-bond donors (Lipinski definition) is 2. The van der Waals surface area contributed by atoms with Crippen molar-refractivity contribution in [3.63, 3.8) is 0 Å². The van der Waals surface area contributed by atoms with Gasteiger partial charge in [-0.25, -0.2) is 0 Å². The van der Waals surface area contributed by atoms with Gasteiger partial charge in [-0.05, 0) is 49.7 Å². The van der Waals surface area contributed by atoms with Gasteiger partial charge in [0.15, 0.2) is 0 Å². The quantitative estimate of drug-likeness (QED) is 0.731. The van der Waals surface area contributed by atoms with Gasteiger partial charge in [-0.2, -0.15) is 0 Å². The first-order valence-corrected chi connectivity index (χ1v) is 7.47. The van der Waals surface area contributed by atoms with Crippen LogP contribution in [0.1, 0.15) is 40.5 Å². The molecule has 2 N–H and O–H groups in total. The predicted molar refractivity (Wildman–Crippen MR) is 77.7 cm³/mol. The molecule has 108 valence electrons. The number of aliphatic hydroxyl groups is 1. The second-order valence-electron chi connectivity index (χ2n) is 7.09. The molecule has 0 radical (unpaired) electrons. The molecule has 1 aliphatic heterocycles. The van der Waals surface area contributed by atoms with Gasteiger partial charge in [0.25, 0.3) is 0 Å². The van der Waals surface area contributed by atoms with E-state index in [0.29, 0.717) is 17.9 Å². The first-order valence-electron chi connectivity index (χ1n) is 7.47. The maximum atomic E-state index is 9.15. The summed E-state index contributed by atoms with van der Waals surface area (Å²) in [4.78, 5) is 2.56. The Bertz CT molecular complexity index is 221. The third kappa shape index (κ3) is 6.17. The summed E-state index contributed by atoms with van der Waals surface area (Å²) in [7, 11) is 0. The average molecular weight is 256 g/mol. The first-order chi connectivity index (χ1) is 8.43. The van der Waals surface area contributed by atoms with Crippen molar-refractivity contribution >= 4 is 0 Å².